The summed E-state index contributed by atoms with van der Waals surface area (Å²) in [5.41, 5.74) is 0. The Morgan fingerprint density at radius 3 is 1.25 bits per heavy atom. The third-order valence-electron chi connectivity index (χ3n) is 2.25. The molecule has 2 rings (SSSR count). The summed E-state index contributed by atoms with van der Waals surface area (Å²) in [6, 6.07) is 12.0. The Morgan fingerprint density at radius 2 is 1.06 bits per heavy atom. The Labute approximate surface area is 101 Å². The summed E-state index contributed by atoms with van der Waals surface area (Å²) in [7, 11) is 2.19. The minimum atomic E-state index is 1.25. The van der Waals surface area contributed by atoms with Gasteiger partial charge >= 0.3 is 0 Å². The molecule has 1 heterocycles. The normalized spacial score (nSPS) is 15.2. The molecule has 92 valence electrons. The first-order valence-corrected chi connectivity index (χ1v) is 6.49. The molecule has 0 aromatic heterocycles. The number of likely N-dealkylation sites (tertiary alicyclic amines) is 1. The van der Waals surface area contributed by atoms with Gasteiger partial charge in [0.05, 0.1) is 0 Å². The van der Waals surface area contributed by atoms with Crippen molar-refractivity contribution in [3.05, 3.63) is 36.4 Å². The summed E-state index contributed by atoms with van der Waals surface area (Å²) < 4.78 is 0. The molecule has 1 aliphatic heterocycles. The van der Waals surface area contributed by atoms with Crippen molar-refractivity contribution in [3.63, 3.8) is 0 Å². The lowest BCUT2D eigenvalue weighted by molar-refractivity contribution is 0.277. The van der Waals surface area contributed by atoms with Crippen LogP contribution in [0.1, 0.15) is 39.5 Å². The number of hydrogen-bond acceptors (Lipinski definition) is 1. The molecule has 1 heteroatoms. The Balaban J connectivity index is 0.000000230. The zero-order chi connectivity index (χ0) is 12.1. The maximum Gasteiger partial charge on any atom is -0.00218 e. The Kier molecular flexibility index (Phi) is 11.6. The highest BCUT2D eigenvalue weighted by molar-refractivity contribution is 4.99. The fourth-order valence-corrected chi connectivity index (χ4v) is 1.44. The first kappa shape index (κ1) is 15.2. The molecule has 0 amide bonds. The molecule has 0 aliphatic carbocycles. The molecule has 1 aliphatic rings. The first-order valence-electron chi connectivity index (χ1n) is 6.49. The summed E-state index contributed by atoms with van der Waals surface area (Å²) in [4.78, 5) is 2.39. The van der Waals surface area contributed by atoms with Crippen LogP contribution in [0.5, 0.6) is 0 Å². The van der Waals surface area contributed by atoms with Gasteiger partial charge in [0.2, 0.25) is 0 Å². The van der Waals surface area contributed by atoms with Crippen molar-refractivity contribution in [2.75, 3.05) is 20.1 Å². The average Bonchev–Trinajstić information content (AvgIpc) is 2.34. The van der Waals surface area contributed by atoms with Gasteiger partial charge in [0.1, 0.15) is 0 Å². The number of hydrogen-bond donors (Lipinski definition) is 0. The van der Waals surface area contributed by atoms with Crippen LogP contribution in [-0.2, 0) is 0 Å². The van der Waals surface area contributed by atoms with E-state index in [1.165, 1.54) is 38.8 Å². The van der Waals surface area contributed by atoms with Crippen LogP contribution in [0.4, 0.5) is 0 Å². The highest BCUT2D eigenvalue weighted by Gasteiger charge is 2.02. The van der Waals surface area contributed by atoms with E-state index in [-0.39, 0.29) is 0 Å². The summed E-state index contributed by atoms with van der Waals surface area (Å²) in [6.45, 7) is 6.89. The van der Waals surface area contributed by atoms with Crippen molar-refractivity contribution in [1.29, 1.82) is 0 Å². The van der Waals surface area contributed by atoms with Crippen LogP contribution in [-0.4, -0.2) is 25.0 Å². The maximum atomic E-state index is 2.39. The van der Waals surface area contributed by atoms with E-state index in [1.807, 2.05) is 36.4 Å². The minimum absolute atomic E-state index is 1.25. The smallest absolute Gasteiger partial charge is 0.00218 e. The molecular weight excluding hydrogens is 194 g/mol. The van der Waals surface area contributed by atoms with Crippen LogP contribution in [0.15, 0.2) is 36.4 Å². The third-order valence-corrected chi connectivity index (χ3v) is 2.25. The third kappa shape index (κ3) is 11.3. The quantitative estimate of drug-likeness (QED) is 0.634. The van der Waals surface area contributed by atoms with Gasteiger partial charge in [-0.3, -0.25) is 0 Å². The molecule has 1 fully saturated rings. The number of nitrogens with zero attached hydrogens (tertiary/aromatic N) is 1. The van der Waals surface area contributed by atoms with Crippen LogP contribution in [0.25, 0.3) is 0 Å². The second-order valence-electron chi connectivity index (χ2n) is 4.23. The van der Waals surface area contributed by atoms with E-state index in [1.54, 1.807) is 0 Å². The van der Waals surface area contributed by atoms with E-state index in [0.717, 1.165) is 0 Å². The molecule has 0 bridgehead atoms. The molecule has 0 radical (unpaired) electrons. The SMILES string of the molecule is CCC.CN1CCCCC1.c1ccccc1. The average molecular weight is 221 g/mol. The monoisotopic (exact) mass is 221 g/mol. The van der Waals surface area contributed by atoms with Gasteiger partial charge in [-0.05, 0) is 33.0 Å². The number of piperidine rings is 1. The van der Waals surface area contributed by atoms with Crippen molar-refractivity contribution >= 4 is 0 Å². The van der Waals surface area contributed by atoms with Crippen molar-refractivity contribution in [2.24, 2.45) is 0 Å². The standard InChI is InChI=1S/C6H13N.C6H6.C3H8/c1-7-5-3-2-4-6-7;1-2-4-6-5-3-1;1-3-2/h2-6H2,1H3;1-6H;3H2,1-2H3. The van der Waals surface area contributed by atoms with E-state index in [0.29, 0.717) is 0 Å². The van der Waals surface area contributed by atoms with Crippen LogP contribution >= 0.6 is 0 Å². The molecule has 0 spiro atoms. The van der Waals surface area contributed by atoms with Crippen LogP contribution in [0.2, 0.25) is 0 Å². The summed E-state index contributed by atoms with van der Waals surface area (Å²) in [6.07, 6.45) is 5.53. The van der Waals surface area contributed by atoms with E-state index < -0.39 is 0 Å². The number of rotatable bonds is 0. The highest BCUT2D eigenvalue weighted by Crippen LogP contribution is 2.04. The lowest BCUT2D eigenvalue weighted by Crippen LogP contribution is -2.24. The minimum Gasteiger partial charge on any atom is -0.306 e. The van der Waals surface area contributed by atoms with E-state index in [4.69, 9.17) is 0 Å². The van der Waals surface area contributed by atoms with E-state index in [9.17, 15) is 0 Å². The molecular formula is C15H27N. The van der Waals surface area contributed by atoms with Gasteiger partial charge in [-0.2, -0.15) is 0 Å². The van der Waals surface area contributed by atoms with Crippen LogP contribution < -0.4 is 0 Å². The molecule has 1 aromatic carbocycles. The van der Waals surface area contributed by atoms with Gasteiger partial charge in [0.25, 0.3) is 0 Å². The van der Waals surface area contributed by atoms with Crippen molar-refractivity contribution < 1.29 is 0 Å². The predicted octanol–water partition coefficient (Wildman–Crippen LogP) is 4.21. The highest BCUT2D eigenvalue weighted by atomic mass is 15.1. The molecule has 16 heavy (non-hydrogen) atoms. The second-order valence-corrected chi connectivity index (χ2v) is 4.23. The Bertz CT molecular complexity index is 175. The number of benzene rings is 1. The van der Waals surface area contributed by atoms with Gasteiger partial charge in [-0.1, -0.05) is 63.1 Å². The van der Waals surface area contributed by atoms with Crippen molar-refractivity contribution in [3.8, 4) is 0 Å². The Hall–Kier alpha value is -0.820. The van der Waals surface area contributed by atoms with Crippen molar-refractivity contribution in [1.82, 2.24) is 4.90 Å². The van der Waals surface area contributed by atoms with Gasteiger partial charge in [-0.25, -0.2) is 0 Å². The zero-order valence-corrected chi connectivity index (χ0v) is 11.2. The van der Waals surface area contributed by atoms with E-state index in [2.05, 4.69) is 25.8 Å². The molecule has 0 atom stereocenters. The second kappa shape index (κ2) is 12.3. The fourth-order valence-electron chi connectivity index (χ4n) is 1.44. The zero-order valence-electron chi connectivity index (χ0n) is 11.2. The van der Waals surface area contributed by atoms with Crippen LogP contribution in [0, 0.1) is 0 Å². The van der Waals surface area contributed by atoms with E-state index >= 15 is 0 Å². The topological polar surface area (TPSA) is 3.24 Å². The lowest BCUT2D eigenvalue weighted by Gasteiger charge is -2.20. The van der Waals surface area contributed by atoms with Gasteiger partial charge in [0.15, 0.2) is 0 Å². The van der Waals surface area contributed by atoms with Gasteiger partial charge in [-0.15, -0.1) is 0 Å². The predicted molar refractivity (Wildman–Crippen MR) is 73.8 cm³/mol. The summed E-state index contributed by atoms with van der Waals surface area (Å²) >= 11 is 0. The van der Waals surface area contributed by atoms with Crippen molar-refractivity contribution in [2.45, 2.75) is 39.5 Å². The molecule has 0 unspecified atom stereocenters. The fraction of sp³-hybridized carbons (Fsp3) is 0.600. The molecule has 1 nitrogen and oxygen atoms in total. The molecule has 1 aromatic rings. The summed E-state index contributed by atoms with van der Waals surface area (Å²) in [5, 5.41) is 0. The largest absolute Gasteiger partial charge is 0.306 e. The molecule has 1 saturated heterocycles. The molecule has 0 saturated carbocycles. The summed E-state index contributed by atoms with van der Waals surface area (Å²) in [5.74, 6) is 0. The first-order chi connectivity index (χ1) is 7.81. The van der Waals surface area contributed by atoms with Crippen LogP contribution in [0.3, 0.4) is 0 Å². The Morgan fingerprint density at radius 1 is 0.750 bits per heavy atom. The van der Waals surface area contributed by atoms with Gasteiger partial charge in [0, 0.05) is 0 Å². The lowest BCUT2D eigenvalue weighted by atomic mass is 10.1. The maximum absolute atomic E-state index is 2.39. The van der Waals surface area contributed by atoms with Gasteiger partial charge < -0.3 is 4.90 Å². The molecule has 0 N–H and O–H groups in total.